The Labute approximate surface area is 139 Å². The Balaban J connectivity index is 1.51. The predicted molar refractivity (Wildman–Crippen MR) is 85.9 cm³/mol. The molecule has 5 nitrogen and oxygen atoms in total. The van der Waals surface area contributed by atoms with Crippen LogP contribution in [-0.4, -0.2) is 27.3 Å². The highest BCUT2D eigenvalue weighted by Gasteiger charge is 2.36. The molecular formula is C18H20FN3O2. The zero-order chi connectivity index (χ0) is 16.7. The van der Waals surface area contributed by atoms with Crippen LogP contribution in [-0.2, 0) is 0 Å². The Bertz CT molecular complexity index is 733. The number of carbonyl (C=O) groups is 1. The number of aromatic nitrogens is 2. The molecule has 1 amide bonds. The summed E-state index contributed by atoms with van der Waals surface area (Å²) < 4.78 is 13.2. The van der Waals surface area contributed by atoms with Gasteiger partial charge in [0.05, 0.1) is 12.1 Å². The Kier molecular flexibility index (Phi) is 3.84. The smallest absolute Gasteiger partial charge is 0.272 e. The Morgan fingerprint density at radius 2 is 2.00 bits per heavy atom. The first kappa shape index (κ1) is 15.3. The van der Waals surface area contributed by atoms with E-state index in [0.29, 0.717) is 24.5 Å². The minimum atomic E-state index is -0.318. The summed E-state index contributed by atoms with van der Waals surface area (Å²) in [6.45, 7) is 0. The average molecular weight is 329 g/mol. The van der Waals surface area contributed by atoms with Gasteiger partial charge < -0.3 is 10.4 Å². The van der Waals surface area contributed by atoms with E-state index in [1.54, 1.807) is 12.1 Å². The van der Waals surface area contributed by atoms with Crippen LogP contribution >= 0.6 is 0 Å². The van der Waals surface area contributed by atoms with E-state index in [1.807, 2.05) is 6.07 Å². The summed E-state index contributed by atoms with van der Waals surface area (Å²) in [4.78, 5) is 12.5. The van der Waals surface area contributed by atoms with Crippen molar-refractivity contribution in [3.63, 3.8) is 0 Å². The van der Waals surface area contributed by atoms with Gasteiger partial charge in [0.15, 0.2) is 0 Å². The van der Waals surface area contributed by atoms with Crippen LogP contribution in [0.15, 0.2) is 30.3 Å². The van der Waals surface area contributed by atoms with Crippen molar-refractivity contribution in [3.8, 4) is 0 Å². The lowest BCUT2D eigenvalue weighted by atomic mass is 9.75. The molecule has 6 heteroatoms. The molecule has 1 atom stereocenters. The molecule has 24 heavy (non-hydrogen) atoms. The lowest BCUT2D eigenvalue weighted by molar-refractivity contribution is 0.0234. The van der Waals surface area contributed by atoms with Gasteiger partial charge in [0.2, 0.25) is 0 Å². The highest BCUT2D eigenvalue weighted by molar-refractivity contribution is 5.92. The maximum absolute atomic E-state index is 13.2. The van der Waals surface area contributed by atoms with Gasteiger partial charge in [-0.3, -0.25) is 9.89 Å². The molecule has 1 aromatic heterocycles. The van der Waals surface area contributed by atoms with E-state index in [2.05, 4.69) is 15.5 Å². The van der Waals surface area contributed by atoms with Crippen molar-refractivity contribution in [2.45, 2.75) is 43.7 Å². The van der Waals surface area contributed by atoms with Gasteiger partial charge in [0.1, 0.15) is 11.5 Å². The van der Waals surface area contributed by atoms with Gasteiger partial charge in [0.25, 0.3) is 5.91 Å². The first-order chi connectivity index (χ1) is 11.6. The number of nitrogens with one attached hydrogen (secondary N) is 2. The number of nitrogens with zero attached hydrogens (tertiary/aromatic N) is 1. The van der Waals surface area contributed by atoms with Crippen molar-refractivity contribution in [2.24, 2.45) is 5.92 Å². The van der Waals surface area contributed by atoms with Crippen molar-refractivity contribution in [3.05, 3.63) is 53.1 Å². The van der Waals surface area contributed by atoms with Gasteiger partial charge in [-0.25, -0.2) is 4.39 Å². The third kappa shape index (κ3) is 3.06. The van der Waals surface area contributed by atoms with Crippen molar-refractivity contribution >= 4 is 5.91 Å². The van der Waals surface area contributed by atoms with Gasteiger partial charge >= 0.3 is 0 Å². The molecule has 1 aromatic carbocycles. The molecule has 2 saturated carbocycles. The molecule has 2 aliphatic carbocycles. The Morgan fingerprint density at radius 1 is 1.29 bits per heavy atom. The monoisotopic (exact) mass is 329 g/mol. The molecule has 0 saturated heterocycles. The number of rotatable bonds is 5. The molecule has 0 unspecified atom stereocenters. The van der Waals surface area contributed by atoms with Crippen LogP contribution in [0.25, 0.3) is 0 Å². The second-order valence-corrected chi connectivity index (χ2v) is 6.87. The summed E-state index contributed by atoms with van der Waals surface area (Å²) >= 11 is 0. The number of halogens is 1. The van der Waals surface area contributed by atoms with E-state index >= 15 is 0 Å². The molecule has 1 heterocycles. The molecule has 0 radical (unpaired) electrons. The van der Waals surface area contributed by atoms with Crippen LogP contribution in [0.5, 0.6) is 0 Å². The molecule has 3 N–H and O–H groups in total. The Hall–Kier alpha value is -2.21. The van der Waals surface area contributed by atoms with Crippen LogP contribution in [0.1, 0.15) is 59.4 Å². The fraction of sp³-hybridized carbons (Fsp3) is 0.444. The highest BCUT2D eigenvalue weighted by atomic mass is 19.1. The Morgan fingerprint density at radius 3 is 2.62 bits per heavy atom. The van der Waals surface area contributed by atoms with Gasteiger partial charge in [-0.05, 0) is 55.4 Å². The molecule has 126 valence electrons. The van der Waals surface area contributed by atoms with E-state index in [4.69, 9.17) is 0 Å². The SMILES string of the molecule is O=C(N[C@@H](c1ccc(F)cc1)C1CC(O)C1)c1cc(C2CC2)[nH]n1. The predicted octanol–water partition coefficient (Wildman–Crippen LogP) is 2.67. The molecule has 2 fully saturated rings. The zero-order valence-electron chi connectivity index (χ0n) is 13.2. The number of H-pyrrole nitrogens is 1. The van der Waals surface area contributed by atoms with Crippen molar-refractivity contribution in [2.75, 3.05) is 0 Å². The number of aromatic amines is 1. The van der Waals surface area contributed by atoms with Crippen LogP contribution < -0.4 is 5.32 Å². The summed E-state index contributed by atoms with van der Waals surface area (Å²) in [7, 11) is 0. The lowest BCUT2D eigenvalue weighted by Crippen LogP contribution is -2.41. The quantitative estimate of drug-likeness (QED) is 0.789. The fourth-order valence-electron chi connectivity index (χ4n) is 3.32. The zero-order valence-corrected chi connectivity index (χ0v) is 13.2. The second-order valence-electron chi connectivity index (χ2n) is 6.87. The summed E-state index contributed by atoms with van der Waals surface area (Å²) in [6, 6.07) is 7.72. The van der Waals surface area contributed by atoms with Gasteiger partial charge in [-0.1, -0.05) is 12.1 Å². The number of hydrogen-bond acceptors (Lipinski definition) is 3. The topological polar surface area (TPSA) is 78.0 Å². The van der Waals surface area contributed by atoms with E-state index in [-0.39, 0.29) is 29.8 Å². The van der Waals surface area contributed by atoms with E-state index in [0.717, 1.165) is 24.1 Å². The maximum atomic E-state index is 13.2. The third-order valence-electron chi connectivity index (χ3n) is 4.98. The molecule has 2 aromatic rings. The minimum absolute atomic E-state index is 0.149. The van der Waals surface area contributed by atoms with Gasteiger partial charge in [-0.2, -0.15) is 5.10 Å². The van der Waals surface area contributed by atoms with Crippen molar-refractivity contribution in [1.82, 2.24) is 15.5 Å². The molecule has 4 rings (SSSR count). The molecular weight excluding hydrogens is 309 g/mol. The van der Waals surface area contributed by atoms with Crippen molar-refractivity contribution < 1.29 is 14.3 Å². The second kappa shape index (κ2) is 6.02. The third-order valence-corrected chi connectivity index (χ3v) is 4.98. The molecule has 0 spiro atoms. The number of aliphatic hydroxyl groups is 1. The van der Waals surface area contributed by atoms with Crippen LogP contribution in [0, 0.1) is 11.7 Å². The maximum Gasteiger partial charge on any atom is 0.272 e. The van der Waals surface area contributed by atoms with Crippen LogP contribution in [0.4, 0.5) is 4.39 Å². The van der Waals surface area contributed by atoms with Gasteiger partial charge in [0, 0.05) is 11.6 Å². The number of aliphatic hydroxyl groups excluding tert-OH is 1. The summed E-state index contributed by atoms with van der Waals surface area (Å²) in [5.74, 6) is 0.109. The normalized spacial score (nSPS) is 24.2. The largest absolute Gasteiger partial charge is 0.393 e. The number of benzene rings is 1. The number of amides is 1. The summed E-state index contributed by atoms with van der Waals surface area (Å²) in [6.07, 6.45) is 3.23. The van der Waals surface area contributed by atoms with E-state index in [9.17, 15) is 14.3 Å². The molecule has 0 aliphatic heterocycles. The summed E-state index contributed by atoms with van der Waals surface area (Å²) in [5.41, 5.74) is 2.24. The average Bonchev–Trinajstić information content (AvgIpc) is 3.28. The standard InChI is InChI=1S/C18H20FN3O2/c19-13-5-3-11(4-6-13)17(12-7-14(23)8-12)20-18(24)16-9-15(21-22-16)10-1-2-10/h3-6,9-10,12,14,17,23H,1-2,7-8H2,(H,20,24)(H,21,22)/t12?,14?,17-/m0/s1. The first-order valence-corrected chi connectivity index (χ1v) is 8.40. The van der Waals surface area contributed by atoms with Crippen LogP contribution in [0.3, 0.4) is 0 Å². The molecule has 0 bridgehead atoms. The van der Waals surface area contributed by atoms with E-state index in [1.165, 1.54) is 12.1 Å². The molecule has 2 aliphatic rings. The van der Waals surface area contributed by atoms with E-state index < -0.39 is 0 Å². The fourth-order valence-corrected chi connectivity index (χ4v) is 3.32. The minimum Gasteiger partial charge on any atom is -0.393 e. The highest BCUT2D eigenvalue weighted by Crippen LogP contribution is 2.40. The van der Waals surface area contributed by atoms with Crippen molar-refractivity contribution in [1.29, 1.82) is 0 Å². The first-order valence-electron chi connectivity index (χ1n) is 8.40. The lowest BCUT2D eigenvalue weighted by Gasteiger charge is -2.38. The van der Waals surface area contributed by atoms with Crippen LogP contribution in [0.2, 0.25) is 0 Å². The number of hydrogen-bond donors (Lipinski definition) is 3. The summed E-state index contributed by atoms with van der Waals surface area (Å²) in [5, 5.41) is 19.6. The number of carbonyl (C=O) groups excluding carboxylic acids is 1. The van der Waals surface area contributed by atoms with Gasteiger partial charge in [-0.15, -0.1) is 0 Å².